The van der Waals surface area contributed by atoms with Crippen LogP contribution < -0.4 is 10.1 Å². The summed E-state index contributed by atoms with van der Waals surface area (Å²) in [6, 6.07) is 17.2. The molecule has 0 fully saturated rings. The van der Waals surface area contributed by atoms with Gasteiger partial charge in [-0.15, -0.1) is 0 Å². The van der Waals surface area contributed by atoms with E-state index in [9.17, 15) is 4.79 Å². The van der Waals surface area contributed by atoms with Gasteiger partial charge >= 0.3 is 0 Å². The van der Waals surface area contributed by atoms with Crippen LogP contribution in [0.15, 0.2) is 54.6 Å². The molecule has 4 heteroatoms. The number of aliphatic hydroxyl groups is 1. The van der Waals surface area contributed by atoms with E-state index in [1.54, 1.807) is 19.2 Å². The third-order valence-corrected chi connectivity index (χ3v) is 3.84. The minimum atomic E-state index is -0.146. The van der Waals surface area contributed by atoms with Gasteiger partial charge in [0.05, 0.1) is 12.7 Å². The Morgan fingerprint density at radius 2 is 1.83 bits per heavy atom. The minimum Gasteiger partial charge on any atom is -0.496 e. The van der Waals surface area contributed by atoms with Crippen molar-refractivity contribution in [3.8, 4) is 5.75 Å². The van der Waals surface area contributed by atoms with Gasteiger partial charge in [0.25, 0.3) is 5.91 Å². The van der Waals surface area contributed by atoms with Crippen LogP contribution in [0.4, 0.5) is 0 Å². The van der Waals surface area contributed by atoms with Crippen LogP contribution in [0.5, 0.6) is 5.75 Å². The third-order valence-electron chi connectivity index (χ3n) is 3.84. The predicted octanol–water partition coefficient (Wildman–Crippen LogP) is 2.98. The second kappa shape index (κ2) is 8.96. The van der Waals surface area contributed by atoms with Gasteiger partial charge < -0.3 is 15.2 Å². The van der Waals surface area contributed by atoms with E-state index in [2.05, 4.69) is 17.4 Å². The van der Waals surface area contributed by atoms with E-state index in [1.807, 2.05) is 30.3 Å². The second-order valence-electron chi connectivity index (χ2n) is 5.38. The van der Waals surface area contributed by atoms with E-state index in [0.29, 0.717) is 24.3 Å². The van der Waals surface area contributed by atoms with Crippen LogP contribution in [0, 0.1) is 0 Å². The van der Waals surface area contributed by atoms with Gasteiger partial charge in [-0.25, -0.2) is 0 Å². The zero-order chi connectivity index (χ0) is 16.5. The molecule has 2 rings (SSSR count). The first-order valence-electron chi connectivity index (χ1n) is 7.83. The normalized spacial score (nSPS) is 11.7. The highest BCUT2D eigenvalue weighted by Crippen LogP contribution is 2.21. The number of benzene rings is 2. The van der Waals surface area contributed by atoms with Crippen LogP contribution in [0.1, 0.15) is 34.7 Å². The van der Waals surface area contributed by atoms with Crippen LogP contribution in [-0.4, -0.2) is 31.3 Å². The maximum absolute atomic E-state index is 12.4. The fraction of sp³-hybridized carbons (Fsp3) is 0.316. The van der Waals surface area contributed by atoms with Crippen molar-refractivity contribution < 1.29 is 14.6 Å². The number of nitrogens with one attached hydrogen (secondary N) is 1. The molecule has 0 unspecified atom stereocenters. The van der Waals surface area contributed by atoms with Crippen LogP contribution >= 0.6 is 0 Å². The van der Waals surface area contributed by atoms with E-state index in [4.69, 9.17) is 9.84 Å². The highest BCUT2D eigenvalue weighted by atomic mass is 16.5. The molecule has 0 saturated carbocycles. The third kappa shape index (κ3) is 4.83. The van der Waals surface area contributed by atoms with Gasteiger partial charge in [-0.2, -0.15) is 0 Å². The first-order valence-corrected chi connectivity index (χ1v) is 7.83. The van der Waals surface area contributed by atoms with E-state index >= 15 is 0 Å². The molecule has 0 aliphatic carbocycles. The Bertz CT molecular complexity index is 613. The standard InChI is InChI=1S/C19H23NO3/c1-23-18-12-6-5-11-17(18)19(22)20-14-16(10-7-13-21)15-8-3-2-4-9-15/h2-6,8-9,11-12,16,21H,7,10,13-14H2,1H3,(H,20,22)/t16-/m0/s1. The van der Waals surface area contributed by atoms with Crippen molar-refractivity contribution in [3.05, 3.63) is 65.7 Å². The molecule has 0 aliphatic heterocycles. The van der Waals surface area contributed by atoms with Crippen LogP contribution in [-0.2, 0) is 0 Å². The molecule has 1 atom stereocenters. The van der Waals surface area contributed by atoms with Crippen LogP contribution in [0.2, 0.25) is 0 Å². The quantitative estimate of drug-likeness (QED) is 0.787. The molecule has 0 aliphatic rings. The first kappa shape index (κ1) is 17.0. The van der Waals surface area contributed by atoms with Gasteiger partial charge in [0, 0.05) is 19.1 Å². The highest BCUT2D eigenvalue weighted by molar-refractivity contribution is 5.96. The van der Waals surface area contributed by atoms with Gasteiger partial charge in [-0.1, -0.05) is 42.5 Å². The lowest BCUT2D eigenvalue weighted by atomic mass is 9.94. The maximum atomic E-state index is 12.4. The lowest BCUT2D eigenvalue weighted by molar-refractivity contribution is 0.0947. The molecule has 0 bridgehead atoms. The summed E-state index contributed by atoms with van der Waals surface area (Å²) >= 11 is 0. The van der Waals surface area contributed by atoms with Gasteiger partial charge in [-0.05, 0) is 30.5 Å². The van der Waals surface area contributed by atoms with E-state index in [-0.39, 0.29) is 18.4 Å². The summed E-state index contributed by atoms with van der Waals surface area (Å²) in [6.45, 7) is 0.685. The SMILES string of the molecule is COc1ccccc1C(=O)NC[C@H](CCCO)c1ccccc1. The molecular formula is C19H23NO3. The number of aliphatic hydroxyl groups excluding tert-OH is 1. The molecule has 4 nitrogen and oxygen atoms in total. The summed E-state index contributed by atoms with van der Waals surface area (Å²) in [7, 11) is 1.56. The number of carbonyl (C=O) groups excluding carboxylic acids is 1. The number of rotatable bonds is 8. The zero-order valence-electron chi connectivity index (χ0n) is 13.4. The minimum absolute atomic E-state index is 0.146. The van der Waals surface area contributed by atoms with Gasteiger partial charge in [0.15, 0.2) is 0 Å². The predicted molar refractivity (Wildman–Crippen MR) is 90.8 cm³/mol. The largest absolute Gasteiger partial charge is 0.496 e. The number of para-hydroxylation sites is 1. The van der Waals surface area contributed by atoms with E-state index in [0.717, 1.165) is 6.42 Å². The topological polar surface area (TPSA) is 58.6 Å². The number of ether oxygens (including phenoxy) is 1. The Hall–Kier alpha value is -2.33. The van der Waals surface area contributed by atoms with Crippen molar-refractivity contribution in [2.75, 3.05) is 20.3 Å². The molecule has 0 heterocycles. The van der Waals surface area contributed by atoms with Crippen molar-refractivity contribution >= 4 is 5.91 Å². The first-order chi connectivity index (χ1) is 11.3. The maximum Gasteiger partial charge on any atom is 0.255 e. The Labute approximate surface area is 137 Å². The smallest absolute Gasteiger partial charge is 0.255 e. The Morgan fingerprint density at radius 3 is 2.52 bits per heavy atom. The van der Waals surface area contributed by atoms with E-state index < -0.39 is 0 Å². The number of methoxy groups -OCH3 is 1. The number of hydrogen-bond acceptors (Lipinski definition) is 3. The van der Waals surface area contributed by atoms with Gasteiger partial charge in [0.2, 0.25) is 0 Å². The number of hydrogen-bond donors (Lipinski definition) is 2. The Balaban J connectivity index is 2.04. The summed E-state index contributed by atoms with van der Waals surface area (Å²) in [6.07, 6.45) is 1.54. The average Bonchev–Trinajstić information content (AvgIpc) is 2.62. The summed E-state index contributed by atoms with van der Waals surface area (Å²) in [5.74, 6) is 0.603. The molecule has 0 aromatic heterocycles. The fourth-order valence-corrected chi connectivity index (χ4v) is 2.59. The second-order valence-corrected chi connectivity index (χ2v) is 5.38. The van der Waals surface area contributed by atoms with E-state index in [1.165, 1.54) is 5.56 Å². The lowest BCUT2D eigenvalue weighted by Gasteiger charge is -2.18. The average molecular weight is 313 g/mol. The monoisotopic (exact) mass is 313 g/mol. The molecule has 1 amide bonds. The number of carbonyl (C=O) groups is 1. The van der Waals surface area contributed by atoms with Crippen molar-refractivity contribution in [2.45, 2.75) is 18.8 Å². The summed E-state index contributed by atoms with van der Waals surface area (Å²) in [5, 5.41) is 12.1. The molecule has 2 N–H and O–H groups in total. The van der Waals surface area contributed by atoms with Crippen molar-refractivity contribution in [2.24, 2.45) is 0 Å². The molecule has 2 aromatic carbocycles. The molecule has 0 spiro atoms. The van der Waals surface area contributed by atoms with Gasteiger partial charge in [0.1, 0.15) is 5.75 Å². The lowest BCUT2D eigenvalue weighted by Crippen LogP contribution is -2.29. The van der Waals surface area contributed by atoms with Crippen molar-refractivity contribution in [1.82, 2.24) is 5.32 Å². The fourth-order valence-electron chi connectivity index (χ4n) is 2.59. The molecule has 122 valence electrons. The summed E-state index contributed by atoms with van der Waals surface area (Å²) in [5.41, 5.74) is 1.70. The Kier molecular flexibility index (Phi) is 6.63. The summed E-state index contributed by atoms with van der Waals surface area (Å²) < 4.78 is 5.23. The van der Waals surface area contributed by atoms with Crippen molar-refractivity contribution in [1.29, 1.82) is 0 Å². The molecular weight excluding hydrogens is 290 g/mol. The molecule has 23 heavy (non-hydrogen) atoms. The Morgan fingerprint density at radius 1 is 1.13 bits per heavy atom. The number of amides is 1. The van der Waals surface area contributed by atoms with Gasteiger partial charge in [-0.3, -0.25) is 4.79 Å². The van der Waals surface area contributed by atoms with Crippen LogP contribution in [0.3, 0.4) is 0 Å². The molecule has 0 saturated heterocycles. The molecule has 0 radical (unpaired) electrons. The highest BCUT2D eigenvalue weighted by Gasteiger charge is 2.15. The summed E-state index contributed by atoms with van der Waals surface area (Å²) in [4.78, 5) is 12.4. The zero-order valence-corrected chi connectivity index (χ0v) is 13.4. The van der Waals surface area contributed by atoms with Crippen LogP contribution in [0.25, 0.3) is 0 Å². The van der Waals surface area contributed by atoms with Crippen molar-refractivity contribution in [3.63, 3.8) is 0 Å². The molecule has 2 aromatic rings.